The zero-order chi connectivity index (χ0) is 15.5. The van der Waals surface area contributed by atoms with Gasteiger partial charge in [0.2, 0.25) is 0 Å². The summed E-state index contributed by atoms with van der Waals surface area (Å²) in [7, 11) is 0. The summed E-state index contributed by atoms with van der Waals surface area (Å²) in [4.78, 5) is 12.7. The lowest BCUT2D eigenvalue weighted by molar-refractivity contribution is 0.491. The van der Waals surface area contributed by atoms with Crippen molar-refractivity contribution in [2.24, 2.45) is 0 Å². The topological polar surface area (TPSA) is 63.8 Å². The molecule has 0 radical (unpaired) electrons. The fourth-order valence-corrected chi connectivity index (χ4v) is 3.31. The molecule has 0 aromatic carbocycles. The first-order valence-corrected chi connectivity index (χ1v) is 8.20. The number of rotatable bonds is 5. The summed E-state index contributed by atoms with van der Waals surface area (Å²) < 4.78 is 5.62. The first-order valence-electron chi connectivity index (χ1n) is 7.26. The van der Waals surface area contributed by atoms with Crippen molar-refractivity contribution in [2.75, 3.05) is 11.9 Å². The van der Waals surface area contributed by atoms with Gasteiger partial charge in [0.15, 0.2) is 0 Å². The maximum atomic E-state index is 5.62. The fraction of sp³-hybridized carbons (Fsp3) is 0.118. The van der Waals surface area contributed by atoms with Crippen LogP contribution in [0.3, 0.4) is 0 Å². The van der Waals surface area contributed by atoms with Crippen molar-refractivity contribution in [2.45, 2.75) is 5.92 Å². The van der Waals surface area contributed by atoms with Gasteiger partial charge in [0.25, 0.3) is 0 Å². The molecule has 1 atom stereocenters. The number of hydrogen-bond donors (Lipinski definition) is 1. The van der Waals surface area contributed by atoms with Gasteiger partial charge in [0, 0.05) is 18.1 Å². The van der Waals surface area contributed by atoms with Crippen molar-refractivity contribution >= 4 is 28.1 Å². The van der Waals surface area contributed by atoms with Crippen LogP contribution in [0.2, 0.25) is 0 Å². The largest absolute Gasteiger partial charge is 0.469 e. The van der Waals surface area contributed by atoms with Crippen LogP contribution in [0, 0.1) is 0 Å². The summed E-state index contributed by atoms with van der Waals surface area (Å²) in [6.07, 6.45) is 6.75. The van der Waals surface area contributed by atoms with Gasteiger partial charge in [-0.15, -0.1) is 0 Å². The lowest BCUT2D eigenvalue weighted by atomic mass is 9.99. The second-order valence-corrected chi connectivity index (χ2v) is 5.90. The Morgan fingerprint density at radius 2 is 2.22 bits per heavy atom. The molecule has 1 N–H and O–H groups in total. The molecule has 4 rings (SSSR count). The van der Waals surface area contributed by atoms with Crippen molar-refractivity contribution in [1.29, 1.82) is 0 Å². The van der Waals surface area contributed by atoms with E-state index in [2.05, 4.69) is 37.1 Å². The van der Waals surface area contributed by atoms with Gasteiger partial charge in [-0.3, -0.25) is 4.98 Å². The Labute approximate surface area is 137 Å². The Morgan fingerprint density at radius 1 is 1.22 bits per heavy atom. The summed E-state index contributed by atoms with van der Waals surface area (Å²) in [5, 5.41) is 8.62. The molecule has 114 valence electrons. The van der Waals surface area contributed by atoms with Crippen molar-refractivity contribution in [3.05, 3.63) is 71.3 Å². The molecule has 1 unspecified atom stereocenters. The lowest BCUT2D eigenvalue weighted by Gasteiger charge is -2.15. The molecule has 0 bridgehead atoms. The van der Waals surface area contributed by atoms with E-state index in [1.54, 1.807) is 36.3 Å². The predicted octanol–water partition coefficient (Wildman–Crippen LogP) is 3.92. The van der Waals surface area contributed by atoms with Gasteiger partial charge < -0.3 is 9.73 Å². The van der Waals surface area contributed by atoms with E-state index in [1.165, 1.54) is 5.56 Å². The van der Waals surface area contributed by atoms with Crippen LogP contribution >= 0.6 is 11.3 Å². The van der Waals surface area contributed by atoms with Crippen LogP contribution in [0.15, 0.2) is 64.4 Å². The molecule has 4 aromatic heterocycles. The average Bonchev–Trinajstić information content (AvgIpc) is 3.29. The highest BCUT2D eigenvalue weighted by atomic mass is 32.1. The van der Waals surface area contributed by atoms with Gasteiger partial charge >= 0.3 is 0 Å². The highest BCUT2D eigenvalue weighted by molar-refractivity contribution is 7.08. The van der Waals surface area contributed by atoms with E-state index in [4.69, 9.17) is 4.42 Å². The minimum absolute atomic E-state index is 0.142. The number of nitrogens with zero attached hydrogens (tertiary/aromatic N) is 3. The summed E-state index contributed by atoms with van der Waals surface area (Å²) >= 11 is 1.69. The molecule has 23 heavy (non-hydrogen) atoms. The van der Waals surface area contributed by atoms with Crippen molar-refractivity contribution < 1.29 is 4.42 Å². The molecule has 0 saturated carbocycles. The van der Waals surface area contributed by atoms with E-state index in [1.807, 2.05) is 18.2 Å². The highest BCUT2D eigenvalue weighted by Gasteiger charge is 2.18. The van der Waals surface area contributed by atoms with Crippen molar-refractivity contribution in [3.63, 3.8) is 0 Å². The molecule has 5 nitrogen and oxygen atoms in total. The van der Waals surface area contributed by atoms with Gasteiger partial charge in [-0.25, -0.2) is 9.97 Å². The van der Waals surface area contributed by atoms with Gasteiger partial charge in [-0.1, -0.05) is 0 Å². The van der Waals surface area contributed by atoms with Gasteiger partial charge in [-0.2, -0.15) is 11.3 Å². The van der Waals surface area contributed by atoms with Gasteiger partial charge in [-0.05, 0) is 40.6 Å². The van der Waals surface area contributed by atoms with Crippen LogP contribution in [0.4, 0.5) is 5.82 Å². The monoisotopic (exact) mass is 322 g/mol. The molecule has 4 heterocycles. The maximum Gasteiger partial charge on any atom is 0.137 e. The third-order valence-corrected chi connectivity index (χ3v) is 4.45. The summed E-state index contributed by atoms with van der Waals surface area (Å²) in [6, 6.07) is 7.97. The zero-order valence-electron chi connectivity index (χ0n) is 12.2. The molecule has 6 heteroatoms. The average molecular weight is 322 g/mol. The molecule has 0 saturated heterocycles. The lowest BCUT2D eigenvalue weighted by Crippen LogP contribution is -2.14. The maximum absolute atomic E-state index is 5.62. The molecule has 0 aliphatic heterocycles. The van der Waals surface area contributed by atoms with Crippen LogP contribution in [0.1, 0.15) is 17.2 Å². The molecular weight excluding hydrogens is 308 g/mol. The van der Waals surface area contributed by atoms with Crippen LogP contribution in [0.5, 0.6) is 0 Å². The van der Waals surface area contributed by atoms with Crippen LogP contribution < -0.4 is 5.32 Å². The summed E-state index contributed by atoms with van der Waals surface area (Å²) in [6.45, 7) is 0.693. The van der Waals surface area contributed by atoms with Crippen LogP contribution in [-0.2, 0) is 0 Å². The quantitative estimate of drug-likeness (QED) is 0.603. The highest BCUT2D eigenvalue weighted by Crippen LogP contribution is 2.28. The molecule has 0 aliphatic rings. The molecule has 0 aliphatic carbocycles. The number of anilines is 1. The van der Waals surface area contributed by atoms with Gasteiger partial charge in [0.05, 0.1) is 23.9 Å². The molecule has 0 amide bonds. The molecule has 0 fully saturated rings. The van der Waals surface area contributed by atoms with Crippen LogP contribution in [-0.4, -0.2) is 21.5 Å². The molecule has 0 spiro atoms. The standard InChI is InChI=1S/C17H14N4OS/c1-2-16(22-6-1)14(12-4-7-23-10-12)8-19-17-13-3-5-18-9-15(13)20-11-21-17/h1-7,9-11,14H,8H2,(H,19,20,21). The van der Waals surface area contributed by atoms with E-state index in [0.717, 1.165) is 22.5 Å². The number of furan rings is 1. The normalized spacial score (nSPS) is 12.3. The predicted molar refractivity (Wildman–Crippen MR) is 90.7 cm³/mol. The Kier molecular flexibility index (Phi) is 3.73. The number of fused-ring (bicyclic) bond motifs is 1. The summed E-state index contributed by atoms with van der Waals surface area (Å²) in [5.41, 5.74) is 2.06. The Hall–Kier alpha value is -2.73. The Balaban J connectivity index is 1.63. The number of pyridine rings is 1. The number of thiophene rings is 1. The zero-order valence-corrected chi connectivity index (χ0v) is 13.0. The molecule has 4 aromatic rings. The van der Waals surface area contributed by atoms with Crippen molar-refractivity contribution in [3.8, 4) is 0 Å². The number of hydrogen-bond acceptors (Lipinski definition) is 6. The number of aromatic nitrogens is 3. The van der Waals surface area contributed by atoms with Crippen LogP contribution in [0.25, 0.3) is 10.9 Å². The fourth-order valence-electron chi connectivity index (χ4n) is 2.59. The van der Waals surface area contributed by atoms with E-state index in [0.29, 0.717) is 6.54 Å². The SMILES string of the molecule is c1coc(C(CNc2ncnc3cnccc23)c2ccsc2)c1. The first-order chi connectivity index (χ1) is 11.4. The minimum Gasteiger partial charge on any atom is -0.469 e. The first kappa shape index (κ1) is 13.9. The number of nitrogens with one attached hydrogen (secondary N) is 1. The van der Waals surface area contributed by atoms with Gasteiger partial charge in [0.1, 0.15) is 17.9 Å². The Morgan fingerprint density at radius 3 is 3.04 bits per heavy atom. The second kappa shape index (κ2) is 6.18. The molecular formula is C17H14N4OS. The van der Waals surface area contributed by atoms with E-state index in [-0.39, 0.29) is 5.92 Å². The van der Waals surface area contributed by atoms with E-state index in [9.17, 15) is 0 Å². The summed E-state index contributed by atoms with van der Waals surface area (Å²) in [5.74, 6) is 1.89. The van der Waals surface area contributed by atoms with E-state index < -0.39 is 0 Å². The third-order valence-electron chi connectivity index (χ3n) is 3.74. The minimum atomic E-state index is 0.142. The smallest absolute Gasteiger partial charge is 0.137 e. The Bertz CT molecular complexity index is 851. The second-order valence-electron chi connectivity index (χ2n) is 5.12. The van der Waals surface area contributed by atoms with E-state index >= 15 is 0 Å². The van der Waals surface area contributed by atoms with Crippen molar-refractivity contribution in [1.82, 2.24) is 15.0 Å². The third kappa shape index (κ3) is 2.80.